The first-order valence-electron chi connectivity index (χ1n) is 9.43. The molecule has 2 saturated heterocycles. The van der Waals surface area contributed by atoms with Gasteiger partial charge in [-0.3, -0.25) is 4.79 Å². The molecule has 156 valence electrons. The Kier molecular flexibility index (Phi) is 7.06. The highest BCUT2D eigenvalue weighted by Gasteiger charge is 2.38. The fourth-order valence-corrected chi connectivity index (χ4v) is 6.21. The number of thiophene rings is 1. The zero-order valence-electron chi connectivity index (χ0n) is 15.8. The van der Waals surface area contributed by atoms with Crippen LogP contribution < -0.4 is 10.6 Å². The molecular weight excluding hydrogens is 447 g/mol. The third kappa shape index (κ3) is 4.54. The van der Waals surface area contributed by atoms with E-state index < -0.39 is 0 Å². The van der Waals surface area contributed by atoms with Gasteiger partial charge in [0, 0.05) is 25.3 Å². The average Bonchev–Trinajstić information content (AvgIpc) is 3.38. The number of anilines is 2. The summed E-state index contributed by atoms with van der Waals surface area (Å²) in [6.45, 7) is 3.99. The van der Waals surface area contributed by atoms with E-state index in [9.17, 15) is 4.79 Å². The molecular formula is C20H24Cl2N4OS2. The maximum Gasteiger partial charge on any atom is 0.264 e. The van der Waals surface area contributed by atoms with Gasteiger partial charge in [-0.15, -0.1) is 36.2 Å². The number of likely N-dealkylation sites (tertiary alicyclic amines) is 1. The van der Waals surface area contributed by atoms with Crippen molar-refractivity contribution in [1.82, 2.24) is 15.2 Å². The number of para-hydroxylation sites is 1. The Balaban J connectivity index is 0.00000120. The topological polar surface area (TPSA) is 57.3 Å². The molecule has 2 aliphatic rings. The Morgan fingerprint density at radius 1 is 1.10 bits per heavy atom. The summed E-state index contributed by atoms with van der Waals surface area (Å²) < 4.78 is 1.08. The maximum atomic E-state index is 12.9. The number of benzene rings is 1. The van der Waals surface area contributed by atoms with Crippen LogP contribution in [0.3, 0.4) is 0 Å². The van der Waals surface area contributed by atoms with E-state index in [1.165, 1.54) is 17.8 Å². The third-order valence-electron chi connectivity index (χ3n) is 5.77. The molecule has 0 aliphatic carbocycles. The minimum atomic E-state index is 0. The molecule has 2 aromatic heterocycles. The smallest absolute Gasteiger partial charge is 0.264 e. The molecule has 3 aromatic rings. The first-order chi connectivity index (χ1) is 13.2. The van der Waals surface area contributed by atoms with Gasteiger partial charge in [-0.25, -0.2) is 4.98 Å². The molecule has 2 fully saturated rings. The molecule has 0 atom stereocenters. The van der Waals surface area contributed by atoms with Crippen LogP contribution in [0.5, 0.6) is 0 Å². The van der Waals surface area contributed by atoms with E-state index in [0.717, 1.165) is 64.2 Å². The summed E-state index contributed by atoms with van der Waals surface area (Å²) >= 11 is 3.11. The first kappa shape index (κ1) is 22.3. The number of hydrogen-bond acceptors (Lipinski definition) is 6. The van der Waals surface area contributed by atoms with Crippen molar-refractivity contribution < 1.29 is 4.79 Å². The van der Waals surface area contributed by atoms with Crippen molar-refractivity contribution >= 4 is 73.7 Å². The minimum absolute atomic E-state index is 0. The number of piperidine rings is 1. The van der Waals surface area contributed by atoms with Crippen LogP contribution in [0.2, 0.25) is 0 Å². The molecule has 1 aromatic carbocycles. The number of carbonyl (C=O) groups is 1. The lowest BCUT2D eigenvalue weighted by Gasteiger charge is -2.38. The van der Waals surface area contributed by atoms with Crippen LogP contribution in [0.4, 0.5) is 10.8 Å². The number of fused-ring (bicyclic) bond motifs is 1. The van der Waals surface area contributed by atoms with Crippen LogP contribution in [-0.4, -0.2) is 42.0 Å². The largest absolute Gasteiger partial charge is 0.338 e. The standard InChI is InChI=1S/C20H22N4OS2.2ClH/c25-18(24-10-7-20(8-11-24)6-9-21-13-20)16-12-15-17(26-16)23-19(27-15)22-14-4-2-1-3-5-14;;/h1-5,12,21H,6-11,13H2,(H,22,23);2*1H. The summed E-state index contributed by atoms with van der Waals surface area (Å²) in [4.78, 5) is 21.4. The summed E-state index contributed by atoms with van der Waals surface area (Å²) in [7, 11) is 0. The van der Waals surface area contributed by atoms with E-state index in [1.54, 1.807) is 11.3 Å². The van der Waals surface area contributed by atoms with Crippen molar-refractivity contribution in [1.29, 1.82) is 0 Å². The van der Waals surface area contributed by atoms with Crippen molar-refractivity contribution in [2.24, 2.45) is 5.41 Å². The second-order valence-corrected chi connectivity index (χ2v) is 9.57. The van der Waals surface area contributed by atoms with Crippen LogP contribution in [0, 0.1) is 5.41 Å². The second-order valence-electron chi connectivity index (χ2n) is 7.51. The highest BCUT2D eigenvalue weighted by molar-refractivity contribution is 7.29. The van der Waals surface area contributed by atoms with E-state index in [2.05, 4.69) is 15.6 Å². The van der Waals surface area contributed by atoms with E-state index in [4.69, 9.17) is 0 Å². The SMILES string of the molecule is Cl.Cl.O=C(c1cc2sc(Nc3ccccc3)nc2s1)N1CCC2(CCNC2)CC1. The Labute approximate surface area is 190 Å². The van der Waals surface area contributed by atoms with Crippen molar-refractivity contribution in [3.63, 3.8) is 0 Å². The second kappa shape index (κ2) is 9.18. The van der Waals surface area contributed by atoms with E-state index in [-0.39, 0.29) is 30.7 Å². The van der Waals surface area contributed by atoms with E-state index in [1.807, 2.05) is 41.3 Å². The van der Waals surface area contributed by atoms with E-state index >= 15 is 0 Å². The molecule has 9 heteroatoms. The van der Waals surface area contributed by atoms with Crippen molar-refractivity contribution in [3.05, 3.63) is 41.3 Å². The molecule has 2 aliphatic heterocycles. The lowest BCUT2D eigenvalue weighted by molar-refractivity contribution is 0.0612. The molecule has 1 amide bonds. The minimum Gasteiger partial charge on any atom is -0.338 e. The molecule has 2 N–H and O–H groups in total. The fourth-order valence-electron chi connectivity index (χ4n) is 4.10. The fraction of sp³-hybridized carbons (Fsp3) is 0.400. The third-order valence-corrected chi connectivity index (χ3v) is 7.83. The number of amides is 1. The summed E-state index contributed by atoms with van der Waals surface area (Å²) in [6, 6.07) is 12.0. The van der Waals surface area contributed by atoms with E-state index in [0.29, 0.717) is 5.41 Å². The summed E-state index contributed by atoms with van der Waals surface area (Å²) in [5.74, 6) is 0.170. The number of nitrogens with zero attached hydrogens (tertiary/aromatic N) is 2. The highest BCUT2D eigenvalue weighted by Crippen LogP contribution is 2.39. The van der Waals surface area contributed by atoms with Crippen LogP contribution in [0.25, 0.3) is 9.53 Å². The molecule has 0 unspecified atom stereocenters. The monoisotopic (exact) mass is 470 g/mol. The zero-order chi connectivity index (χ0) is 18.3. The summed E-state index contributed by atoms with van der Waals surface area (Å²) in [5, 5.41) is 7.68. The predicted octanol–water partition coefficient (Wildman–Crippen LogP) is 5.16. The average molecular weight is 471 g/mol. The van der Waals surface area contributed by atoms with Crippen LogP contribution in [0.1, 0.15) is 28.9 Å². The van der Waals surface area contributed by atoms with Crippen molar-refractivity contribution in [2.75, 3.05) is 31.5 Å². The predicted molar refractivity (Wildman–Crippen MR) is 127 cm³/mol. The van der Waals surface area contributed by atoms with Gasteiger partial charge in [0.05, 0.1) is 9.58 Å². The molecule has 0 bridgehead atoms. The van der Waals surface area contributed by atoms with Gasteiger partial charge in [0.2, 0.25) is 0 Å². The Bertz CT molecular complexity index is 928. The molecule has 5 nitrogen and oxygen atoms in total. The van der Waals surface area contributed by atoms with Gasteiger partial charge in [-0.2, -0.15) is 0 Å². The summed E-state index contributed by atoms with van der Waals surface area (Å²) in [5.41, 5.74) is 1.46. The van der Waals surface area contributed by atoms with Crippen LogP contribution in [-0.2, 0) is 0 Å². The highest BCUT2D eigenvalue weighted by atomic mass is 35.5. The van der Waals surface area contributed by atoms with Gasteiger partial charge < -0.3 is 15.5 Å². The van der Waals surface area contributed by atoms with Gasteiger partial charge in [0.25, 0.3) is 5.91 Å². The first-order valence-corrected chi connectivity index (χ1v) is 11.1. The molecule has 1 spiro atoms. The van der Waals surface area contributed by atoms with Crippen molar-refractivity contribution in [3.8, 4) is 0 Å². The maximum absolute atomic E-state index is 12.9. The molecule has 29 heavy (non-hydrogen) atoms. The number of nitrogens with one attached hydrogen (secondary N) is 2. The quantitative estimate of drug-likeness (QED) is 0.554. The molecule has 0 radical (unpaired) electrons. The van der Waals surface area contributed by atoms with Crippen LogP contribution in [0.15, 0.2) is 36.4 Å². The number of halogens is 2. The number of thiazole rings is 1. The Hall–Kier alpha value is -1.38. The lowest BCUT2D eigenvalue weighted by Crippen LogP contribution is -2.43. The molecule has 4 heterocycles. The molecule has 5 rings (SSSR count). The van der Waals surface area contributed by atoms with Gasteiger partial charge >= 0.3 is 0 Å². The normalized spacial score (nSPS) is 17.7. The molecule has 0 saturated carbocycles. The van der Waals surface area contributed by atoms with Gasteiger partial charge in [0.15, 0.2) is 5.13 Å². The number of carbonyl (C=O) groups excluding carboxylic acids is 1. The Morgan fingerprint density at radius 2 is 1.86 bits per heavy atom. The zero-order valence-corrected chi connectivity index (χ0v) is 19.1. The Morgan fingerprint density at radius 3 is 2.52 bits per heavy atom. The number of rotatable bonds is 3. The van der Waals surface area contributed by atoms with Gasteiger partial charge in [-0.1, -0.05) is 29.5 Å². The van der Waals surface area contributed by atoms with Gasteiger partial charge in [-0.05, 0) is 49.4 Å². The summed E-state index contributed by atoms with van der Waals surface area (Å²) in [6.07, 6.45) is 3.49. The number of hydrogen-bond donors (Lipinski definition) is 2. The lowest BCUT2D eigenvalue weighted by atomic mass is 9.78. The number of aromatic nitrogens is 1. The van der Waals surface area contributed by atoms with Crippen molar-refractivity contribution in [2.45, 2.75) is 19.3 Å². The van der Waals surface area contributed by atoms with Crippen LogP contribution >= 0.6 is 47.5 Å². The van der Waals surface area contributed by atoms with Gasteiger partial charge in [0.1, 0.15) is 4.83 Å².